The first-order chi connectivity index (χ1) is 8.01. The molecule has 1 fully saturated rings. The van der Waals surface area contributed by atoms with Gasteiger partial charge >= 0.3 is 0 Å². The standard InChI is InChI=1S/C13H17BrFNO/c1-13(5-2-6-17-13)12(16)8-9-7-10(15)3-4-11(9)14/h3-4,7,12H,2,5-6,8,16H2,1H3. The summed E-state index contributed by atoms with van der Waals surface area (Å²) in [7, 11) is 0. The van der Waals surface area contributed by atoms with Gasteiger partial charge < -0.3 is 10.5 Å². The van der Waals surface area contributed by atoms with E-state index in [1.807, 2.05) is 6.92 Å². The van der Waals surface area contributed by atoms with Crippen molar-refractivity contribution in [2.75, 3.05) is 6.61 Å². The number of nitrogens with two attached hydrogens (primary N) is 1. The number of benzene rings is 1. The van der Waals surface area contributed by atoms with E-state index < -0.39 is 0 Å². The van der Waals surface area contributed by atoms with E-state index in [1.165, 1.54) is 12.1 Å². The van der Waals surface area contributed by atoms with Crippen LogP contribution in [0, 0.1) is 5.82 Å². The Labute approximate surface area is 109 Å². The first-order valence-electron chi connectivity index (χ1n) is 5.85. The average molecular weight is 302 g/mol. The van der Waals surface area contributed by atoms with Crippen molar-refractivity contribution in [1.82, 2.24) is 0 Å². The first-order valence-corrected chi connectivity index (χ1v) is 6.64. The molecule has 0 aliphatic carbocycles. The van der Waals surface area contributed by atoms with E-state index in [0.29, 0.717) is 6.42 Å². The lowest BCUT2D eigenvalue weighted by Gasteiger charge is -2.30. The molecular formula is C13H17BrFNO. The minimum Gasteiger partial charge on any atom is -0.374 e. The number of ether oxygens (including phenoxy) is 1. The van der Waals surface area contributed by atoms with Crippen molar-refractivity contribution in [2.24, 2.45) is 5.73 Å². The topological polar surface area (TPSA) is 35.2 Å². The van der Waals surface area contributed by atoms with Crippen LogP contribution in [0.1, 0.15) is 25.3 Å². The van der Waals surface area contributed by atoms with E-state index in [2.05, 4.69) is 15.9 Å². The molecule has 1 heterocycles. The highest BCUT2D eigenvalue weighted by Crippen LogP contribution is 2.30. The number of rotatable bonds is 3. The minimum atomic E-state index is -0.272. The van der Waals surface area contributed by atoms with Gasteiger partial charge in [0.1, 0.15) is 5.82 Å². The molecule has 1 aromatic rings. The molecule has 2 rings (SSSR count). The molecule has 2 atom stereocenters. The van der Waals surface area contributed by atoms with E-state index in [9.17, 15) is 4.39 Å². The second kappa shape index (κ2) is 5.04. The zero-order chi connectivity index (χ0) is 12.5. The molecular weight excluding hydrogens is 285 g/mol. The Morgan fingerprint density at radius 3 is 3.00 bits per heavy atom. The molecule has 0 aromatic heterocycles. The van der Waals surface area contributed by atoms with Gasteiger partial charge in [0.05, 0.1) is 5.60 Å². The van der Waals surface area contributed by atoms with Crippen molar-refractivity contribution in [1.29, 1.82) is 0 Å². The van der Waals surface area contributed by atoms with Gasteiger partial charge in [-0.05, 0) is 49.9 Å². The van der Waals surface area contributed by atoms with Gasteiger partial charge in [0, 0.05) is 17.1 Å². The van der Waals surface area contributed by atoms with Crippen molar-refractivity contribution >= 4 is 15.9 Å². The van der Waals surface area contributed by atoms with Gasteiger partial charge in [-0.2, -0.15) is 0 Å². The van der Waals surface area contributed by atoms with E-state index in [0.717, 1.165) is 29.5 Å². The van der Waals surface area contributed by atoms with Crippen LogP contribution in [0.2, 0.25) is 0 Å². The summed E-state index contributed by atoms with van der Waals surface area (Å²) in [5.41, 5.74) is 6.82. The zero-order valence-electron chi connectivity index (χ0n) is 9.88. The monoisotopic (exact) mass is 301 g/mol. The number of halogens is 2. The molecule has 0 amide bonds. The van der Waals surface area contributed by atoms with Crippen molar-refractivity contribution < 1.29 is 9.13 Å². The van der Waals surface area contributed by atoms with Crippen LogP contribution in [0.15, 0.2) is 22.7 Å². The summed E-state index contributed by atoms with van der Waals surface area (Å²) in [6.45, 7) is 2.81. The molecule has 0 radical (unpaired) electrons. The zero-order valence-corrected chi connectivity index (χ0v) is 11.5. The summed E-state index contributed by atoms with van der Waals surface area (Å²) in [5.74, 6) is -0.229. The van der Waals surface area contributed by atoms with Gasteiger partial charge in [-0.15, -0.1) is 0 Å². The Morgan fingerprint density at radius 1 is 1.59 bits per heavy atom. The van der Waals surface area contributed by atoms with Crippen molar-refractivity contribution in [3.05, 3.63) is 34.1 Å². The highest BCUT2D eigenvalue weighted by molar-refractivity contribution is 9.10. The van der Waals surface area contributed by atoms with Gasteiger partial charge in [-0.3, -0.25) is 0 Å². The van der Waals surface area contributed by atoms with Gasteiger partial charge in [0.25, 0.3) is 0 Å². The minimum absolute atomic E-state index is 0.108. The quantitative estimate of drug-likeness (QED) is 0.931. The fourth-order valence-corrected chi connectivity index (χ4v) is 2.65. The summed E-state index contributed by atoms with van der Waals surface area (Å²) < 4.78 is 19.8. The van der Waals surface area contributed by atoms with Crippen LogP contribution < -0.4 is 5.73 Å². The molecule has 1 aliphatic rings. The van der Waals surface area contributed by atoms with Gasteiger partial charge in [0.15, 0.2) is 0 Å². The molecule has 4 heteroatoms. The van der Waals surface area contributed by atoms with E-state index in [-0.39, 0.29) is 17.5 Å². The van der Waals surface area contributed by atoms with E-state index in [4.69, 9.17) is 10.5 Å². The summed E-state index contributed by atoms with van der Waals surface area (Å²) in [4.78, 5) is 0. The molecule has 1 saturated heterocycles. The normalized spacial score (nSPS) is 26.1. The number of hydrogen-bond donors (Lipinski definition) is 1. The van der Waals surface area contributed by atoms with Crippen LogP contribution >= 0.6 is 15.9 Å². The number of hydrogen-bond acceptors (Lipinski definition) is 2. The lowest BCUT2D eigenvalue weighted by Crippen LogP contribution is -2.46. The van der Waals surface area contributed by atoms with Crippen molar-refractivity contribution in [2.45, 2.75) is 37.8 Å². The molecule has 0 bridgehead atoms. The SMILES string of the molecule is CC1(C(N)Cc2cc(F)ccc2Br)CCCO1. The van der Waals surface area contributed by atoms with Gasteiger partial charge in [-0.1, -0.05) is 15.9 Å². The smallest absolute Gasteiger partial charge is 0.123 e. The molecule has 0 saturated carbocycles. The molecule has 94 valence electrons. The highest BCUT2D eigenvalue weighted by Gasteiger charge is 2.36. The Bertz CT molecular complexity index is 404. The molecule has 2 nitrogen and oxygen atoms in total. The van der Waals surface area contributed by atoms with Crippen LogP contribution in [0.5, 0.6) is 0 Å². The average Bonchev–Trinajstić information content (AvgIpc) is 2.72. The third-order valence-corrected chi connectivity index (χ3v) is 4.25. The maximum absolute atomic E-state index is 13.2. The van der Waals surface area contributed by atoms with Crippen molar-refractivity contribution in [3.8, 4) is 0 Å². The fourth-order valence-electron chi connectivity index (χ4n) is 2.25. The molecule has 17 heavy (non-hydrogen) atoms. The van der Waals surface area contributed by atoms with E-state index >= 15 is 0 Å². The third kappa shape index (κ3) is 2.87. The summed E-state index contributed by atoms with van der Waals surface area (Å²) >= 11 is 3.42. The van der Waals surface area contributed by atoms with Crippen LogP contribution in [0.4, 0.5) is 4.39 Å². The Kier molecular flexibility index (Phi) is 3.85. The third-order valence-electron chi connectivity index (χ3n) is 3.48. The Morgan fingerprint density at radius 2 is 2.35 bits per heavy atom. The highest BCUT2D eigenvalue weighted by atomic mass is 79.9. The maximum Gasteiger partial charge on any atom is 0.123 e. The van der Waals surface area contributed by atoms with Crippen LogP contribution in [0.25, 0.3) is 0 Å². The second-order valence-electron chi connectivity index (χ2n) is 4.81. The van der Waals surface area contributed by atoms with Crippen LogP contribution in [-0.4, -0.2) is 18.2 Å². The lowest BCUT2D eigenvalue weighted by atomic mass is 9.89. The Hall–Kier alpha value is -0.450. The second-order valence-corrected chi connectivity index (χ2v) is 5.67. The Balaban J connectivity index is 2.12. The van der Waals surface area contributed by atoms with E-state index in [1.54, 1.807) is 6.07 Å². The maximum atomic E-state index is 13.2. The summed E-state index contributed by atoms with van der Waals surface area (Å²) in [6, 6.07) is 4.58. The van der Waals surface area contributed by atoms with Crippen LogP contribution in [-0.2, 0) is 11.2 Å². The van der Waals surface area contributed by atoms with Gasteiger partial charge in [0.2, 0.25) is 0 Å². The predicted molar refractivity (Wildman–Crippen MR) is 69.4 cm³/mol. The molecule has 0 spiro atoms. The lowest BCUT2D eigenvalue weighted by molar-refractivity contribution is -0.000954. The summed E-state index contributed by atoms with van der Waals surface area (Å²) in [6.07, 6.45) is 2.64. The fraction of sp³-hybridized carbons (Fsp3) is 0.538. The van der Waals surface area contributed by atoms with Gasteiger partial charge in [-0.25, -0.2) is 4.39 Å². The largest absolute Gasteiger partial charge is 0.374 e. The first kappa shape index (κ1) is 13.0. The molecule has 2 N–H and O–H groups in total. The summed E-state index contributed by atoms with van der Waals surface area (Å²) in [5, 5.41) is 0. The predicted octanol–water partition coefficient (Wildman–Crippen LogP) is 3.03. The molecule has 2 unspecified atom stereocenters. The van der Waals surface area contributed by atoms with Crippen LogP contribution in [0.3, 0.4) is 0 Å². The molecule has 1 aliphatic heterocycles. The van der Waals surface area contributed by atoms with Crippen molar-refractivity contribution in [3.63, 3.8) is 0 Å². The molecule has 1 aromatic carbocycles.